The summed E-state index contributed by atoms with van der Waals surface area (Å²) in [5.41, 5.74) is 5.63. The molecule has 2 saturated carbocycles. The molecule has 2 aromatic carbocycles. The summed E-state index contributed by atoms with van der Waals surface area (Å²) in [7, 11) is 0. The van der Waals surface area contributed by atoms with Crippen molar-refractivity contribution in [3.05, 3.63) is 77.2 Å². The third-order valence-corrected chi connectivity index (χ3v) is 8.82. The van der Waals surface area contributed by atoms with E-state index < -0.39 is 29.7 Å². The molecule has 3 fully saturated rings. The van der Waals surface area contributed by atoms with Crippen LogP contribution >= 0.6 is 0 Å². The number of hydrogen-bond donors (Lipinski definition) is 1. The number of piperidine rings is 1. The van der Waals surface area contributed by atoms with Gasteiger partial charge in [-0.05, 0) is 56.4 Å². The number of imide groups is 2. The highest BCUT2D eigenvalue weighted by Crippen LogP contribution is 2.45. The molecule has 2 aromatic heterocycles. The Morgan fingerprint density at radius 3 is 2.49 bits per heavy atom. The fourth-order valence-corrected chi connectivity index (χ4v) is 6.26. The van der Waals surface area contributed by atoms with Crippen molar-refractivity contribution in [2.75, 3.05) is 0 Å². The molecule has 0 bridgehead atoms. The minimum atomic E-state index is -1.00. The van der Waals surface area contributed by atoms with E-state index in [-0.39, 0.29) is 35.9 Å². The van der Waals surface area contributed by atoms with Crippen molar-refractivity contribution in [1.82, 2.24) is 30.0 Å². The van der Waals surface area contributed by atoms with E-state index in [2.05, 4.69) is 33.0 Å². The summed E-state index contributed by atoms with van der Waals surface area (Å²) in [4.78, 5) is 60.9. The van der Waals surface area contributed by atoms with Crippen LogP contribution in [0.1, 0.15) is 82.5 Å². The molecule has 212 valence electrons. The first-order valence-electron chi connectivity index (χ1n) is 14.6. The Morgan fingerprint density at radius 1 is 0.884 bits per heavy atom. The predicted octanol–water partition coefficient (Wildman–Crippen LogP) is 3.77. The van der Waals surface area contributed by atoms with Crippen LogP contribution in [-0.4, -0.2) is 54.3 Å². The lowest BCUT2D eigenvalue weighted by molar-refractivity contribution is -0.136. The molecule has 0 radical (unpaired) electrons. The Morgan fingerprint density at radius 2 is 1.70 bits per heavy atom. The lowest BCUT2D eigenvalue weighted by Gasteiger charge is -2.32. The monoisotopic (exact) mass is 570 g/mol. The van der Waals surface area contributed by atoms with Gasteiger partial charge in [0.05, 0.1) is 45.8 Å². The number of nitrogens with one attached hydrogen (secondary N) is 1. The highest BCUT2D eigenvalue weighted by Gasteiger charge is 2.45. The molecule has 1 saturated heterocycles. The molecule has 2 aliphatic heterocycles. The molecule has 43 heavy (non-hydrogen) atoms. The Hall–Kier alpha value is -5.17. The third kappa shape index (κ3) is 4.31. The highest BCUT2D eigenvalue weighted by molar-refractivity contribution is 6.24. The largest absolute Gasteiger partial charge is 0.295 e. The van der Waals surface area contributed by atoms with Crippen molar-refractivity contribution in [3.63, 3.8) is 0 Å². The first kappa shape index (κ1) is 25.5. The topological polar surface area (TPSA) is 127 Å². The standard InChI is InChI=1S/C33H26N6O4/c40-28-13-12-27(31(41)36-28)39-32(42)22-5-3-4-19(29(22)33(39)43)9-8-18-14-21(15-18)38-17-23(30(37-38)20-10-11-20)26-16-34-24-6-1-2-7-25(24)35-26/h1-7,16-18,20-21,27H,10-15H2,(H,36,40,41)/t18-,21-,27?. The van der Waals surface area contributed by atoms with Gasteiger partial charge in [0.2, 0.25) is 11.8 Å². The second-order valence-electron chi connectivity index (χ2n) is 11.7. The maximum atomic E-state index is 13.4. The minimum Gasteiger partial charge on any atom is -0.295 e. The molecule has 8 rings (SSSR count). The van der Waals surface area contributed by atoms with E-state index in [0.29, 0.717) is 11.5 Å². The van der Waals surface area contributed by atoms with Crippen molar-refractivity contribution in [1.29, 1.82) is 0 Å². The van der Waals surface area contributed by atoms with E-state index in [4.69, 9.17) is 10.1 Å². The molecular formula is C33H26N6O4. The molecule has 1 N–H and O–H groups in total. The molecule has 1 unspecified atom stereocenters. The van der Waals surface area contributed by atoms with E-state index in [1.165, 1.54) is 0 Å². The molecule has 2 aliphatic carbocycles. The van der Waals surface area contributed by atoms with Crippen molar-refractivity contribution in [2.45, 2.75) is 56.5 Å². The van der Waals surface area contributed by atoms with Gasteiger partial charge < -0.3 is 0 Å². The summed E-state index contributed by atoms with van der Waals surface area (Å²) >= 11 is 0. The Balaban J connectivity index is 1.00. The van der Waals surface area contributed by atoms with Crippen LogP contribution < -0.4 is 5.32 Å². The number of carbonyl (C=O) groups is 4. The van der Waals surface area contributed by atoms with Crippen LogP contribution in [0.15, 0.2) is 54.9 Å². The molecule has 4 aliphatic rings. The first-order chi connectivity index (χ1) is 20.9. The molecule has 10 heteroatoms. The molecule has 4 aromatic rings. The molecule has 4 amide bonds. The second kappa shape index (κ2) is 9.70. The number of nitrogens with zero attached hydrogens (tertiary/aromatic N) is 5. The number of rotatable bonds is 4. The lowest BCUT2D eigenvalue weighted by Crippen LogP contribution is -2.54. The summed E-state index contributed by atoms with van der Waals surface area (Å²) in [5, 5.41) is 7.22. The van der Waals surface area contributed by atoms with Gasteiger partial charge in [0.1, 0.15) is 6.04 Å². The molecular weight excluding hydrogens is 544 g/mol. The second-order valence-corrected chi connectivity index (χ2v) is 11.7. The first-order valence-corrected chi connectivity index (χ1v) is 14.6. The fourth-order valence-electron chi connectivity index (χ4n) is 6.26. The third-order valence-electron chi connectivity index (χ3n) is 8.82. The van der Waals surface area contributed by atoms with Crippen LogP contribution in [-0.2, 0) is 9.59 Å². The normalized spacial score (nSPS) is 23.1. The van der Waals surface area contributed by atoms with Crippen molar-refractivity contribution >= 4 is 34.7 Å². The van der Waals surface area contributed by atoms with E-state index in [1.807, 2.05) is 30.5 Å². The van der Waals surface area contributed by atoms with E-state index in [9.17, 15) is 19.2 Å². The van der Waals surface area contributed by atoms with Crippen LogP contribution in [0.25, 0.3) is 22.3 Å². The lowest BCUT2D eigenvalue weighted by atomic mass is 9.80. The van der Waals surface area contributed by atoms with Crippen LogP contribution in [0.5, 0.6) is 0 Å². The highest BCUT2D eigenvalue weighted by atomic mass is 16.2. The smallest absolute Gasteiger partial charge is 0.263 e. The predicted molar refractivity (Wildman–Crippen MR) is 154 cm³/mol. The Bertz CT molecular complexity index is 1940. The van der Waals surface area contributed by atoms with Gasteiger partial charge in [-0.1, -0.05) is 30.0 Å². The summed E-state index contributed by atoms with van der Waals surface area (Å²) < 4.78 is 2.05. The van der Waals surface area contributed by atoms with Gasteiger partial charge in [0, 0.05) is 35.6 Å². The van der Waals surface area contributed by atoms with Gasteiger partial charge in [-0.15, -0.1) is 0 Å². The van der Waals surface area contributed by atoms with E-state index in [1.54, 1.807) is 18.2 Å². The summed E-state index contributed by atoms with van der Waals surface area (Å²) in [5.74, 6) is 4.93. The van der Waals surface area contributed by atoms with Gasteiger partial charge >= 0.3 is 0 Å². The molecule has 10 nitrogen and oxygen atoms in total. The fraction of sp³-hybridized carbons (Fsp3) is 0.303. The maximum Gasteiger partial charge on any atom is 0.263 e. The average Bonchev–Trinajstić information content (AvgIpc) is 3.69. The molecule has 0 spiro atoms. The number of aromatic nitrogens is 4. The number of benzene rings is 2. The van der Waals surface area contributed by atoms with Crippen molar-refractivity contribution in [3.8, 4) is 23.1 Å². The van der Waals surface area contributed by atoms with Crippen molar-refractivity contribution in [2.24, 2.45) is 5.92 Å². The summed E-state index contributed by atoms with van der Waals surface area (Å²) in [6.45, 7) is 0. The van der Waals surface area contributed by atoms with Gasteiger partial charge in [-0.3, -0.25) is 39.1 Å². The summed E-state index contributed by atoms with van der Waals surface area (Å²) in [6.07, 6.45) is 8.04. The van der Waals surface area contributed by atoms with Crippen LogP contribution in [0.2, 0.25) is 0 Å². The SMILES string of the molecule is O=C1CCC(N2C(=O)c3cccc(C#C[C@H]4C[C@H](n5cc(-c6cnc7ccccc7n6)c(C6CC6)n5)C4)c3C2=O)C(=O)N1. The minimum absolute atomic E-state index is 0.0782. The van der Waals surface area contributed by atoms with Gasteiger partial charge in [0.25, 0.3) is 11.8 Å². The van der Waals surface area contributed by atoms with Crippen LogP contribution in [0.4, 0.5) is 0 Å². The number of hydrogen-bond acceptors (Lipinski definition) is 7. The number of para-hydroxylation sites is 2. The Labute approximate surface area is 246 Å². The zero-order valence-corrected chi connectivity index (χ0v) is 23.1. The number of carbonyl (C=O) groups excluding carboxylic acids is 4. The zero-order chi connectivity index (χ0) is 29.2. The van der Waals surface area contributed by atoms with E-state index >= 15 is 0 Å². The molecule has 4 heterocycles. The van der Waals surface area contributed by atoms with Gasteiger partial charge in [-0.25, -0.2) is 4.98 Å². The number of fused-ring (bicyclic) bond motifs is 2. The number of amides is 4. The van der Waals surface area contributed by atoms with Crippen LogP contribution in [0, 0.1) is 17.8 Å². The van der Waals surface area contributed by atoms with Gasteiger partial charge in [-0.2, -0.15) is 5.10 Å². The zero-order valence-electron chi connectivity index (χ0n) is 23.1. The van der Waals surface area contributed by atoms with E-state index in [0.717, 1.165) is 58.6 Å². The molecule has 1 atom stereocenters. The Kier molecular flexibility index (Phi) is 5.76. The average molecular weight is 571 g/mol. The quantitative estimate of drug-likeness (QED) is 0.292. The van der Waals surface area contributed by atoms with Crippen LogP contribution in [0.3, 0.4) is 0 Å². The maximum absolute atomic E-state index is 13.4. The van der Waals surface area contributed by atoms with Crippen molar-refractivity contribution < 1.29 is 19.2 Å². The van der Waals surface area contributed by atoms with Gasteiger partial charge in [0.15, 0.2) is 0 Å². The summed E-state index contributed by atoms with van der Waals surface area (Å²) in [6, 6.07) is 12.1.